The second kappa shape index (κ2) is 5.95. The molecule has 16 heavy (non-hydrogen) atoms. The molecule has 0 spiro atoms. The van der Waals surface area contributed by atoms with Gasteiger partial charge in [0, 0.05) is 12.1 Å². The number of aliphatic hydroxyl groups is 1. The van der Waals surface area contributed by atoms with Crippen molar-refractivity contribution >= 4 is 9.84 Å². The van der Waals surface area contributed by atoms with Gasteiger partial charge in [0.05, 0.1) is 18.1 Å². The molecule has 0 aromatic rings. The second-order valence-electron chi connectivity index (χ2n) is 4.49. The maximum absolute atomic E-state index is 11.3. The molecule has 0 radical (unpaired) electrons. The minimum atomic E-state index is -2.80. The number of hydrogen-bond donors (Lipinski definition) is 2. The number of hydrogen-bond acceptors (Lipinski definition) is 5. The van der Waals surface area contributed by atoms with Crippen molar-refractivity contribution in [3.05, 3.63) is 0 Å². The molecule has 0 aliphatic carbocycles. The van der Waals surface area contributed by atoms with Crippen molar-refractivity contribution in [1.82, 2.24) is 10.2 Å². The molecular weight excluding hydrogens is 228 g/mol. The summed E-state index contributed by atoms with van der Waals surface area (Å²) in [6.45, 7) is 0.930. The Kier molecular flexibility index (Phi) is 5.17. The maximum Gasteiger partial charge on any atom is 0.151 e. The summed E-state index contributed by atoms with van der Waals surface area (Å²) in [6, 6.07) is 0.252. The van der Waals surface area contributed by atoms with E-state index in [9.17, 15) is 8.42 Å². The molecule has 1 fully saturated rings. The zero-order valence-electron chi connectivity index (χ0n) is 10.0. The topological polar surface area (TPSA) is 69.6 Å². The zero-order chi connectivity index (χ0) is 12.2. The normalized spacial score (nSPS) is 26.1. The van der Waals surface area contributed by atoms with Crippen LogP contribution in [0.2, 0.25) is 0 Å². The van der Waals surface area contributed by atoms with E-state index < -0.39 is 9.84 Å². The molecule has 5 nitrogen and oxygen atoms in total. The molecule has 1 aliphatic heterocycles. The van der Waals surface area contributed by atoms with Crippen LogP contribution in [0, 0.1) is 0 Å². The van der Waals surface area contributed by atoms with Crippen molar-refractivity contribution in [2.45, 2.75) is 24.9 Å². The van der Waals surface area contributed by atoms with Crippen LogP contribution in [0.1, 0.15) is 12.8 Å². The van der Waals surface area contributed by atoms with Crippen LogP contribution in [0.15, 0.2) is 0 Å². The van der Waals surface area contributed by atoms with E-state index in [-0.39, 0.29) is 24.4 Å². The third kappa shape index (κ3) is 4.01. The molecule has 1 aliphatic rings. The number of rotatable bonds is 6. The standard InChI is InChI=1S/C10H22N2O3S/c1-11-9(7-13)3-5-12(2)10-4-6-16(14,15)8-10/h9-11,13H,3-8H2,1-2H3. The second-order valence-corrected chi connectivity index (χ2v) is 6.72. The van der Waals surface area contributed by atoms with E-state index in [0.29, 0.717) is 5.75 Å². The lowest BCUT2D eigenvalue weighted by Crippen LogP contribution is -2.38. The van der Waals surface area contributed by atoms with Crippen molar-refractivity contribution in [1.29, 1.82) is 0 Å². The lowest BCUT2D eigenvalue weighted by Gasteiger charge is -2.24. The number of nitrogens with one attached hydrogen (secondary N) is 1. The number of sulfone groups is 1. The SMILES string of the molecule is CNC(CO)CCN(C)C1CCS(=O)(=O)C1. The Morgan fingerprint density at radius 3 is 2.69 bits per heavy atom. The third-order valence-electron chi connectivity index (χ3n) is 3.29. The molecule has 1 rings (SSSR count). The smallest absolute Gasteiger partial charge is 0.151 e. The Bertz CT molecular complexity index is 301. The van der Waals surface area contributed by atoms with E-state index in [1.54, 1.807) is 0 Å². The predicted octanol–water partition coefficient (Wildman–Crippen LogP) is -0.924. The van der Waals surface area contributed by atoms with Gasteiger partial charge in [0.15, 0.2) is 9.84 Å². The predicted molar refractivity (Wildman–Crippen MR) is 64.2 cm³/mol. The van der Waals surface area contributed by atoms with Crippen molar-refractivity contribution < 1.29 is 13.5 Å². The van der Waals surface area contributed by atoms with Crippen LogP contribution < -0.4 is 5.32 Å². The number of nitrogens with zero attached hydrogens (tertiary/aromatic N) is 1. The molecule has 2 N–H and O–H groups in total. The van der Waals surface area contributed by atoms with Crippen molar-refractivity contribution in [2.24, 2.45) is 0 Å². The Hall–Kier alpha value is -0.170. The average Bonchev–Trinajstić information content (AvgIpc) is 2.60. The molecule has 0 amide bonds. The van der Waals surface area contributed by atoms with Gasteiger partial charge in [0.2, 0.25) is 0 Å². The molecular formula is C10H22N2O3S. The molecule has 0 aromatic heterocycles. The van der Waals surface area contributed by atoms with Crippen LogP contribution in [0.4, 0.5) is 0 Å². The van der Waals surface area contributed by atoms with Crippen LogP contribution in [-0.2, 0) is 9.84 Å². The fraction of sp³-hybridized carbons (Fsp3) is 1.00. The van der Waals surface area contributed by atoms with E-state index in [1.807, 2.05) is 14.1 Å². The monoisotopic (exact) mass is 250 g/mol. The van der Waals surface area contributed by atoms with Gasteiger partial charge in [0.25, 0.3) is 0 Å². The molecule has 2 unspecified atom stereocenters. The molecule has 1 saturated heterocycles. The van der Waals surface area contributed by atoms with Gasteiger partial charge >= 0.3 is 0 Å². The third-order valence-corrected chi connectivity index (χ3v) is 5.04. The van der Waals surface area contributed by atoms with Crippen LogP contribution >= 0.6 is 0 Å². The van der Waals surface area contributed by atoms with E-state index in [0.717, 1.165) is 19.4 Å². The van der Waals surface area contributed by atoms with Crippen LogP contribution in [0.5, 0.6) is 0 Å². The summed E-state index contributed by atoms with van der Waals surface area (Å²) in [4.78, 5) is 2.09. The lowest BCUT2D eigenvalue weighted by molar-refractivity contribution is 0.206. The first-order valence-electron chi connectivity index (χ1n) is 5.67. The Morgan fingerprint density at radius 2 is 2.25 bits per heavy atom. The summed E-state index contributed by atoms with van der Waals surface area (Å²) in [7, 11) is 0.977. The van der Waals surface area contributed by atoms with Gasteiger partial charge in [-0.1, -0.05) is 0 Å². The molecule has 0 aromatic carbocycles. The highest BCUT2D eigenvalue weighted by atomic mass is 32.2. The Balaban J connectivity index is 2.33. The Labute approximate surface area is 97.7 Å². The van der Waals surface area contributed by atoms with Crippen molar-refractivity contribution in [3.8, 4) is 0 Å². The van der Waals surface area contributed by atoms with Gasteiger partial charge in [-0.05, 0) is 33.5 Å². The summed E-state index contributed by atoms with van der Waals surface area (Å²) < 4.78 is 22.6. The fourth-order valence-electron chi connectivity index (χ4n) is 1.99. The van der Waals surface area contributed by atoms with E-state index in [1.165, 1.54) is 0 Å². The van der Waals surface area contributed by atoms with Crippen molar-refractivity contribution in [2.75, 3.05) is 38.8 Å². The first kappa shape index (κ1) is 13.9. The number of likely N-dealkylation sites (N-methyl/N-ethyl adjacent to an activating group) is 1. The summed E-state index contributed by atoms with van der Waals surface area (Å²) in [6.07, 6.45) is 1.57. The van der Waals surface area contributed by atoms with E-state index >= 15 is 0 Å². The van der Waals surface area contributed by atoms with Gasteiger partial charge in [0.1, 0.15) is 0 Å². The Morgan fingerprint density at radius 1 is 1.56 bits per heavy atom. The highest BCUT2D eigenvalue weighted by Crippen LogP contribution is 2.16. The van der Waals surface area contributed by atoms with Gasteiger partial charge in [-0.15, -0.1) is 0 Å². The van der Waals surface area contributed by atoms with Gasteiger partial charge in [-0.2, -0.15) is 0 Å². The molecule has 0 bridgehead atoms. The minimum absolute atomic E-state index is 0.0976. The highest BCUT2D eigenvalue weighted by molar-refractivity contribution is 7.91. The van der Waals surface area contributed by atoms with E-state index in [4.69, 9.17) is 5.11 Å². The fourth-order valence-corrected chi connectivity index (χ4v) is 3.80. The summed E-state index contributed by atoms with van der Waals surface area (Å²) >= 11 is 0. The largest absolute Gasteiger partial charge is 0.395 e. The maximum atomic E-state index is 11.3. The van der Waals surface area contributed by atoms with Crippen LogP contribution in [0.3, 0.4) is 0 Å². The summed E-state index contributed by atoms with van der Waals surface area (Å²) in [5.74, 6) is 0.601. The van der Waals surface area contributed by atoms with Gasteiger partial charge in [-0.25, -0.2) is 8.42 Å². The average molecular weight is 250 g/mol. The highest BCUT2D eigenvalue weighted by Gasteiger charge is 2.30. The molecule has 0 saturated carbocycles. The van der Waals surface area contributed by atoms with Gasteiger partial charge in [-0.3, -0.25) is 0 Å². The summed E-state index contributed by atoms with van der Waals surface area (Å²) in [5.41, 5.74) is 0. The molecule has 96 valence electrons. The van der Waals surface area contributed by atoms with Gasteiger partial charge < -0.3 is 15.3 Å². The molecule has 6 heteroatoms. The van der Waals surface area contributed by atoms with E-state index in [2.05, 4.69) is 10.2 Å². The quantitative estimate of drug-likeness (QED) is 0.638. The first-order valence-corrected chi connectivity index (χ1v) is 7.49. The van der Waals surface area contributed by atoms with Crippen LogP contribution in [0.25, 0.3) is 0 Å². The van der Waals surface area contributed by atoms with Crippen molar-refractivity contribution in [3.63, 3.8) is 0 Å². The summed E-state index contributed by atoms with van der Waals surface area (Å²) in [5, 5.41) is 12.0. The molecule has 1 heterocycles. The number of aliphatic hydroxyl groups excluding tert-OH is 1. The lowest BCUT2D eigenvalue weighted by atomic mass is 10.2. The minimum Gasteiger partial charge on any atom is -0.395 e. The zero-order valence-corrected chi connectivity index (χ0v) is 10.8. The first-order chi connectivity index (χ1) is 7.48. The molecule has 2 atom stereocenters. The van der Waals surface area contributed by atoms with Crippen LogP contribution in [-0.4, -0.2) is 69.3 Å².